The lowest BCUT2D eigenvalue weighted by Gasteiger charge is -2.26. The number of nitrogens with one attached hydrogen (secondary N) is 1. The Morgan fingerprint density at radius 2 is 1.93 bits per heavy atom. The van der Waals surface area contributed by atoms with Crippen molar-refractivity contribution in [1.29, 1.82) is 0 Å². The maximum absolute atomic E-state index is 4.26. The molecule has 0 aliphatic heterocycles. The van der Waals surface area contributed by atoms with Crippen LogP contribution >= 0.6 is 0 Å². The molecule has 0 aromatic rings. The second-order valence-electron chi connectivity index (χ2n) is 4.17. The summed E-state index contributed by atoms with van der Waals surface area (Å²) in [4.78, 5) is 8.50. The molecule has 0 saturated heterocycles. The van der Waals surface area contributed by atoms with Crippen molar-refractivity contribution in [3.05, 3.63) is 0 Å². The standard InChI is InChI=1S/C11H26N4/c1-10(12-2)8-7-9-15(6)11(13-3)14(4)5/h10,12H,7-9H2,1-6H3/t10-/m1/s1. The average Bonchev–Trinajstić information content (AvgIpc) is 2.17. The van der Waals surface area contributed by atoms with E-state index in [0.717, 1.165) is 12.5 Å². The summed E-state index contributed by atoms with van der Waals surface area (Å²) < 4.78 is 0. The van der Waals surface area contributed by atoms with Crippen molar-refractivity contribution in [3.63, 3.8) is 0 Å². The smallest absolute Gasteiger partial charge is 0.195 e. The Bertz CT molecular complexity index is 189. The van der Waals surface area contributed by atoms with Crippen LogP contribution in [-0.2, 0) is 0 Å². The van der Waals surface area contributed by atoms with Gasteiger partial charge in [-0.15, -0.1) is 0 Å². The molecule has 0 aromatic carbocycles. The fourth-order valence-electron chi connectivity index (χ4n) is 1.59. The van der Waals surface area contributed by atoms with Crippen LogP contribution in [0.25, 0.3) is 0 Å². The lowest BCUT2D eigenvalue weighted by molar-refractivity contribution is 0.398. The quantitative estimate of drug-likeness (QED) is 0.544. The third-order valence-corrected chi connectivity index (χ3v) is 2.56. The molecule has 0 unspecified atom stereocenters. The van der Waals surface area contributed by atoms with Gasteiger partial charge in [0.15, 0.2) is 5.96 Å². The first kappa shape index (κ1) is 14.2. The van der Waals surface area contributed by atoms with E-state index in [9.17, 15) is 0 Å². The SMILES string of the molecule is CN=C(N(C)C)N(C)CCC[C@@H](C)NC. The normalized spacial score (nSPS) is 13.9. The van der Waals surface area contributed by atoms with Gasteiger partial charge < -0.3 is 15.1 Å². The number of aliphatic imine (C=N–C) groups is 1. The summed E-state index contributed by atoms with van der Waals surface area (Å²) in [7, 11) is 9.98. The van der Waals surface area contributed by atoms with E-state index in [1.807, 2.05) is 33.1 Å². The van der Waals surface area contributed by atoms with Gasteiger partial charge in [0, 0.05) is 40.8 Å². The zero-order valence-corrected chi connectivity index (χ0v) is 11.0. The van der Waals surface area contributed by atoms with Gasteiger partial charge in [0.05, 0.1) is 0 Å². The van der Waals surface area contributed by atoms with Crippen LogP contribution in [0.3, 0.4) is 0 Å². The molecule has 4 nitrogen and oxygen atoms in total. The summed E-state index contributed by atoms with van der Waals surface area (Å²) >= 11 is 0. The van der Waals surface area contributed by atoms with Crippen molar-refractivity contribution in [3.8, 4) is 0 Å². The molecule has 0 spiro atoms. The zero-order chi connectivity index (χ0) is 11.8. The molecule has 15 heavy (non-hydrogen) atoms. The average molecular weight is 214 g/mol. The van der Waals surface area contributed by atoms with Crippen molar-refractivity contribution in [2.24, 2.45) is 4.99 Å². The molecule has 0 rings (SSSR count). The summed E-state index contributed by atoms with van der Waals surface area (Å²) in [5, 5.41) is 3.25. The molecule has 0 aliphatic rings. The maximum atomic E-state index is 4.26. The number of guanidine groups is 1. The Balaban J connectivity index is 3.87. The van der Waals surface area contributed by atoms with E-state index in [4.69, 9.17) is 0 Å². The van der Waals surface area contributed by atoms with Gasteiger partial charge in [0.2, 0.25) is 0 Å². The monoisotopic (exact) mass is 214 g/mol. The maximum Gasteiger partial charge on any atom is 0.195 e. The predicted molar refractivity (Wildman–Crippen MR) is 67.4 cm³/mol. The Hall–Kier alpha value is -0.770. The molecule has 0 fully saturated rings. The van der Waals surface area contributed by atoms with Gasteiger partial charge in [0.1, 0.15) is 0 Å². The van der Waals surface area contributed by atoms with Crippen LogP contribution in [0.15, 0.2) is 4.99 Å². The molecule has 1 N–H and O–H groups in total. The molecule has 0 heterocycles. The lowest BCUT2D eigenvalue weighted by Crippen LogP contribution is -2.38. The molecule has 0 aromatic heterocycles. The highest BCUT2D eigenvalue weighted by molar-refractivity contribution is 5.79. The van der Waals surface area contributed by atoms with Gasteiger partial charge in [-0.25, -0.2) is 0 Å². The molecule has 90 valence electrons. The number of hydrogen-bond donors (Lipinski definition) is 1. The van der Waals surface area contributed by atoms with E-state index in [-0.39, 0.29) is 0 Å². The van der Waals surface area contributed by atoms with Crippen molar-refractivity contribution in [2.75, 3.05) is 41.8 Å². The second kappa shape index (κ2) is 7.51. The van der Waals surface area contributed by atoms with Gasteiger partial charge in [-0.1, -0.05) is 0 Å². The minimum absolute atomic E-state index is 0.597. The van der Waals surface area contributed by atoms with E-state index < -0.39 is 0 Å². The molecule has 1 atom stereocenters. The van der Waals surface area contributed by atoms with E-state index in [1.165, 1.54) is 12.8 Å². The molecule has 0 bridgehead atoms. The fourth-order valence-corrected chi connectivity index (χ4v) is 1.59. The second-order valence-corrected chi connectivity index (χ2v) is 4.17. The van der Waals surface area contributed by atoms with Crippen LogP contribution in [0.1, 0.15) is 19.8 Å². The zero-order valence-electron chi connectivity index (χ0n) is 11.0. The van der Waals surface area contributed by atoms with E-state index >= 15 is 0 Å². The van der Waals surface area contributed by atoms with Gasteiger partial charge in [-0.3, -0.25) is 4.99 Å². The Morgan fingerprint density at radius 3 is 2.33 bits per heavy atom. The minimum Gasteiger partial charge on any atom is -0.349 e. The van der Waals surface area contributed by atoms with Crippen LogP contribution in [0, 0.1) is 0 Å². The van der Waals surface area contributed by atoms with Crippen LogP contribution in [0.2, 0.25) is 0 Å². The Kier molecular flexibility index (Phi) is 7.13. The minimum atomic E-state index is 0.597. The summed E-state index contributed by atoms with van der Waals surface area (Å²) in [5.74, 6) is 1.03. The van der Waals surface area contributed by atoms with Crippen molar-refractivity contribution >= 4 is 5.96 Å². The highest BCUT2D eigenvalue weighted by Gasteiger charge is 2.07. The van der Waals surface area contributed by atoms with E-state index in [1.54, 1.807) is 0 Å². The van der Waals surface area contributed by atoms with Crippen molar-refractivity contribution in [1.82, 2.24) is 15.1 Å². The lowest BCUT2D eigenvalue weighted by atomic mass is 10.2. The van der Waals surface area contributed by atoms with Gasteiger partial charge in [-0.05, 0) is 26.8 Å². The third kappa shape index (κ3) is 5.62. The van der Waals surface area contributed by atoms with Gasteiger partial charge in [-0.2, -0.15) is 0 Å². The topological polar surface area (TPSA) is 30.9 Å². The molecule has 0 radical (unpaired) electrons. The van der Waals surface area contributed by atoms with Crippen LogP contribution < -0.4 is 5.32 Å². The fraction of sp³-hybridized carbons (Fsp3) is 0.909. The molecule has 0 amide bonds. The summed E-state index contributed by atoms with van der Waals surface area (Å²) in [6, 6.07) is 0.597. The van der Waals surface area contributed by atoms with Gasteiger partial charge >= 0.3 is 0 Å². The van der Waals surface area contributed by atoms with Crippen LogP contribution in [0.4, 0.5) is 0 Å². The summed E-state index contributed by atoms with van der Waals surface area (Å²) in [6.07, 6.45) is 2.39. The molecular weight excluding hydrogens is 188 g/mol. The van der Waals surface area contributed by atoms with Crippen molar-refractivity contribution in [2.45, 2.75) is 25.8 Å². The first-order valence-electron chi connectivity index (χ1n) is 5.55. The molecule has 4 heteroatoms. The molecular formula is C11H26N4. The summed E-state index contributed by atoms with van der Waals surface area (Å²) in [6.45, 7) is 3.26. The van der Waals surface area contributed by atoms with Gasteiger partial charge in [0.25, 0.3) is 0 Å². The van der Waals surface area contributed by atoms with Crippen LogP contribution in [0.5, 0.6) is 0 Å². The third-order valence-electron chi connectivity index (χ3n) is 2.56. The first-order chi connectivity index (χ1) is 7.02. The number of rotatable bonds is 5. The highest BCUT2D eigenvalue weighted by atomic mass is 15.3. The Morgan fingerprint density at radius 1 is 1.33 bits per heavy atom. The van der Waals surface area contributed by atoms with E-state index in [2.05, 4.69) is 29.2 Å². The first-order valence-corrected chi connectivity index (χ1v) is 5.55. The Labute approximate surface area is 94.4 Å². The number of hydrogen-bond acceptors (Lipinski definition) is 2. The molecule has 0 aliphatic carbocycles. The number of nitrogens with zero attached hydrogens (tertiary/aromatic N) is 3. The predicted octanol–water partition coefficient (Wildman–Crippen LogP) is 0.854. The highest BCUT2D eigenvalue weighted by Crippen LogP contribution is 1.99. The summed E-state index contributed by atoms with van der Waals surface area (Å²) in [5.41, 5.74) is 0. The van der Waals surface area contributed by atoms with E-state index in [0.29, 0.717) is 6.04 Å². The largest absolute Gasteiger partial charge is 0.349 e. The molecule has 0 saturated carbocycles. The van der Waals surface area contributed by atoms with Crippen molar-refractivity contribution < 1.29 is 0 Å². The van der Waals surface area contributed by atoms with Crippen LogP contribution in [-0.4, -0.2) is 63.6 Å².